The molecule has 0 saturated heterocycles. The third-order valence-corrected chi connectivity index (χ3v) is 3.10. The number of anilines is 1. The lowest BCUT2D eigenvalue weighted by molar-refractivity contribution is 0.551. The fourth-order valence-corrected chi connectivity index (χ4v) is 2.16. The summed E-state index contributed by atoms with van der Waals surface area (Å²) >= 11 is 0. The molecule has 0 radical (unpaired) electrons. The molecule has 0 aliphatic heterocycles. The van der Waals surface area contributed by atoms with Crippen molar-refractivity contribution in [3.8, 4) is 0 Å². The molecule has 1 atom stereocenters. The first-order valence-electron chi connectivity index (χ1n) is 6.38. The lowest BCUT2D eigenvalue weighted by atomic mass is 10.1. The van der Waals surface area contributed by atoms with Crippen LogP contribution < -0.4 is 5.32 Å². The minimum absolute atomic E-state index is 0.720. The lowest BCUT2D eigenvalue weighted by Crippen LogP contribution is -2.11. The van der Waals surface area contributed by atoms with Crippen molar-refractivity contribution in [2.75, 3.05) is 11.9 Å². The maximum Gasteiger partial charge on any atom is 0.0421 e. The Morgan fingerprint density at radius 1 is 1.29 bits per heavy atom. The molecule has 0 aliphatic carbocycles. The fourth-order valence-electron chi connectivity index (χ4n) is 2.16. The third-order valence-electron chi connectivity index (χ3n) is 3.10. The van der Waals surface area contributed by atoms with E-state index >= 15 is 0 Å². The van der Waals surface area contributed by atoms with Crippen molar-refractivity contribution >= 4 is 16.5 Å². The van der Waals surface area contributed by atoms with Crippen molar-refractivity contribution in [2.24, 2.45) is 5.92 Å². The van der Waals surface area contributed by atoms with Gasteiger partial charge in [-0.15, -0.1) is 0 Å². The number of hydrogen-bond acceptors (Lipinski definition) is 2. The molecule has 2 heteroatoms. The topological polar surface area (TPSA) is 24.9 Å². The van der Waals surface area contributed by atoms with E-state index in [9.17, 15) is 0 Å². The molecule has 0 aliphatic rings. The summed E-state index contributed by atoms with van der Waals surface area (Å²) in [5.41, 5.74) is 1.22. The van der Waals surface area contributed by atoms with Gasteiger partial charge in [0.15, 0.2) is 0 Å². The predicted molar refractivity (Wildman–Crippen MR) is 74.3 cm³/mol. The number of pyridine rings is 1. The summed E-state index contributed by atoms with van der Waals surface area (Å²) < 4.78 is 0. The predicted octanol–water partition coefficient (Wildman–Crippen LogP) is 4.08. The molecular formula is C15H20N2. The van der Waals surface area contributed by atoms with Gasteiger partial charge in [-0.05, 0) is 24.5 Å². The molecule has 2 aromatic rings. The molecule has 17 heavy (non-hydrogen) atoms. The molecular weight excluding hydrogens is 208 g/mol. The largest absolute Gasteiger partial charge is 0.384 e. The van der Waals surface area contributed by atoms with Gasteiger partial charge in [0, 0.05) is 35.4 Å². The van der Waals surface area contributed by atoms with E-state index in [0.717, 1.165) is 12.5 Å². The third kappa shape index (κ3) is 2.96. The van der Waals surface area contributed by atoms with E-state index in [2.05, 4.69) is 48.4 Å². The smallest absolute Gasteiger partial charge is 0.0421 e. The summed E-state index contributed by atoms with van der Waals surface area (Å²) in [6, 6.07) is 8.39. The average Bonchev–Trinajstić information content (AvgIpc) is 2.36. The van der Waals surface area contributed by atoms with Crippen molar-refractivity contribution in [1.29, 1.82) is 0 Å². The summed E-state index contributed by atoms with van der Waals surface area (Å²) in [7, 11) is 0. The normalized spacial score (nSPS) is 12.6. The van der Waals surface area contributed by atoms with Gasteiger partial charge in [-0.25, -0.2) is 0 Å². The van der Waals surface area contributed by atoms with Gasteiger partial charge < -0.3 is 5.32 Å². The van der Waals surface area contributed by atoms with E-state index in [1.165, 1.54) is 29.3 Å². The van der Waals surface area contributed by atoms with Gasteiger partial charge in [0.1, 0.15) is 0 Å². The van der Waals surface area contributed by atoms with Crippen LogP contribution in [-0.2, 0) is 0 Å². The second-order valence-electron chi connectivity index (χ2n) is 4.68. The standard InChI is InChI=1S/C15H20N2/c1-3-5-12(2)10-17-15-7-4-6-13-11-16-9-8-14(13)15/h4,6-9,11-12,17H,3,5,10H2,1-2H3. The molecule has 0 spiro atoms. The van der Waals surface area contributed by atoms with Crippen LogP contribution in [0, 0.1) is 5.92 Å². The first-order chi connectivity index (χ1) is 8.31. The van der Waals surface area contributed by atoms with E-state index in [1.54, 1.807) is 0 Å². The first-order valence-corrected chi connectivity index (χ1v) is 6.38. The van der Waals surface area contributed by atoms with Gasteiger partial charge in [0.2, 0.25) is 0 Å². The summed E-state index contributed by atoms with van der Waals surface area (Å²) in [5, 5.41) is 6.00. The fraction of sp³-hybridized carbons (Fsp3) is 0.400. The van der Waals surface area contributed by atoms with Crippen LogP contribution in [0.15, 0.2) is 36.7 Å². The Morgan fingerprint density at radius 3 is 3.00 bits per heavy atom. The molecule has 90 valence electrons. The quantitative estimate of drug-likeness (QED) is 0.834. The number of rotatable bonds is 5. The number of fused-ring (bicyclic) bond motifs is 1. The Bertz CT molecular complexity index is 474. The highest BCUT2D eigenvalue weighted by Gasteiger charge is 2.03. The van der Waals surface area contributed by atoms with Gasteiger partial charge in [-0.2, -0.15) is 0 Å². The van der Waals surface area contributed by atoms with Crippen LogP contribution >= 0.6 is 0 Å². The van der Waals surface area contributed by atoms with Crippen LogP contribution in [0.1, 0.15) is 26.7 Å². The molecule has 0 saturated carbocycles. The molecule has 1 heterocycles. The first kappa shape index (κ1) is 11.9. The molecule has 1 aromatic heterocycles. The second kappa shape index (κ2) is 5.67. The molecule has 0 amide bonds. The van der Waals surface area contributed by atoms with Crippen LogP contribution in [0.5, 0.6) is 0 Å². The summed E-state index contributed by atoms with van der Waals surface area (Å²) in [6.45, 7) is 5.57. The van der Waals surface area contributed by atoms with Gasteiger partial charge in [-0.1, -0.05) is 32.4 Å². The maximum atomic E-state index is 4.15. The average molecular weight is 228 g/mol. The van der Waals surface area contributed by atoms with Gasteiger partial charge in [-0.3, -0.25) is 4.98 Å². The Labute approximate surface area is 103 Å². The monoisotopic (exact) mass is 228 g/mol. The molecule has 0 fully saturated rings. The molecule has 2 rings (SSSR count). The van der Waals surface area contributed by atoms with E-state index in [4.69, 9.17) is 0 Å². The molecule has 0 bridgehead atoms. The molecule has 1 unspecified atom stereocenters. The minimum atomic E-state index is 0.720. The number of hydrogen-bond donors (Lipinski definition) is 1. The summed E-state index contributed by atoms with van der Waals surface area (Å²) in [6.07, 6.45) is 6.29. The van der Waals surface area contributed by atoms with Gasteiger partial charge in [0.25, 0.3) is 0 Å². The second-order valence-corrected chi connectivity index (χ2v) is 4.68. The van der Waals surface area contributed by atoms with Crippen LogP contribution in [0.3, 0.4) is 0 Å². The Morgan fingerprint density at radius 2 is 2.18 bits per heavy atom. The highest BCUT2D eigenvalue weighted by atomic mass is 14.9. The zero-order chi connectivity index (χ0) is 12.1. The van der Waals surface area contributed by atoms with Gasteiger partial charge >= 0.3 is 0 Å². The van der Waals surface area contributed by atoms with Crippen LogP contribution in [0.4, 0.5) is 5.69 Å². The molecule has 1 aromatic carbocycles. The number of aromatic nitrogens is 1. The lowest BCUT2D eigenvalue weighted by Gasteiger charge is -2.14. The van der Waals surface area contributed by atoms with E-state index in [0.29, 0.717) is 0 Å². The molecule has 2 nitrogen and oxygen atoms in total. The van der Waals surface area contributed by atoms with Crippen molar-refractivity contribution in [3.63, 3.8) is 0 Å². The van der Waals surface area contributed by atoms with Crippen molar-refractivity contribution in [2.45, 2.75) is 26.7 Å². The Balaban J connectivity index is 2.13. The highest BCUT2D eigenvalue weighted by molar-refractivity contribution is 5.93. The number of nitrogens with one attached hydrogen (secondary N) is 1. The maximum absolute atomic E-state index is 4.15. The minimum Gasteiger partial charge on any atom is -0.384 e. The Kier molecular flexibility index (Phi) is 3.97. The number of benzene rings is 1. The SMILES string of the molecule is CCCC(C)CNc1cccc2cnccc12. The van der Waals surface area contributed by atoms with Crippen LogP contribution in [0.2, 0.25) is 0 Å². The van der Waals surface area contributed by atoms with E-state index < -0.39 is 0 Å². The van der Waals surface area contributed by atoms with Crippen molar-refractivity contribution < 1.29 is 0 Å². The van der Waals surface area contributed by atoms with E-state index in [1.807, 2.05) is 12.4 Å². The van der Waals surface area contributed by atoms with Crippen molar-refractivity contribution in [3.05, 3.63) is 36.7 Å². The highest BCUT2D eigenvalue weighted by Crippen LogP contribution is 2.22. The van der Waals surface area contributed by atoms with Crippen LogP contribution in [0.25, 0.3) is 10.8 Å². The zero-order valence-electron chi connectivity index (χ0n) is 10.6. The zero-order valence-corrected chi connectivity index (χ0v) is 10.6. The van der Waals surface area contributed by atoms with Crippen LogP contribution in [-0.4, -0.2) is 11.5 Å². The Hall–Kier alpha value is -1.57. The summed E-state index contributed by atoms with van der Waals surface area (Å²) in [5.74, 6) is 0.720. The summed E-state index contributed by atoms with van der Waals surface area (Å²) in [4.78, 5) is 4.15. The van der Waals surface area contributed by atoms with Crippen molar-refractivity contribution in [1.82, 2.24) is 4.98 Å². The van der Waals surface area contributed by atoms with Gasteiger partial charge in [0.05, 0.1) is 0 Å². The molecule has 1 N–H and O–H groups in total. The van der Waals surface area contributed by atoms with E-state index in [-0.39, 0.29) is 0 Å². The number of nitrogens with zero attached hydrogens (tertiary/aromatic N) is 1.